The molecule has 512 valence electrons. The smallest absolute Gasteiger partial charge is 0.220 e. The van der Waals surface area contributed by atoms with Crippen LogP contribution in [-0.2, 0) is 23.7 Å². The van der Waals surface area contributed by atoms with Crippen molar-refractivity contribution in [2.24, 2.45) is 0 Å². The molecule has 14 nitrogen and oxygen atoms in total. The number of amides is 1. The van der Waals surface area contributed by atoms with Crippen molar-refractivity contribution in [2.75, 3.05) is 19.8 Å². The van der Waals surface area contributed by atoms with Gasteiger partial charge in [-0.1, -0.05) is 307 Å². The quantitative estimate of drug-likeness (QED) is 0.0204. The highest BCUT2D eigenvalue weighted by Crippen LogP contribution is 2.30. The van der Waals surface area contributed by atoms with E-state index in [0.717, 1.165) is 64.2 Å². The predicted octanol–water partition coefficient (Wildman–Crippen LogP) is 15.3. The number of unbranched alkanes of at least 4 members (excludes halogenated alkanes) is 42. The van der Waals surface area contributed by atoms with Crippen molar-refractivity contribution in [3.63, 3.8) is 0 Å². The van der Waals surface area contributed by atoms with Crippen LogP contribution in [0.2, 0.25) is 0 Å². The molecule has 9 N–H and O–H groups in total. The number of ether oxygens (including phenoxy) is 4. The first kappa shape index (κ1) is 81.3. The molecule has 14 heteroatoms. The van der Waals surface area contributed by atoms with Crippen LogP contribution in [0.25, 0.3) is 0 Å². The van der Waals surface area contributed by atoms with E-state index in [0.29, 0.717) is 12.8 Å². The average Bonchev–Trinajstić information content (AvgIpc) is 1.55. The maximum absolute atomic E-state index is 13.4. The van der Waals surface area contributed by atoms with E-state index in [-0.39, 0.29) is 12.5 Å². The van der Waals surface area contributed by atoms with Gasteiger partial charge >= 0.3 is 0 Å². The highest BCUT2D eigenvalue weighted by molar-refractivity contribution is 5.76. The topological polar surface area (TPSA) is 228 Å². The summed E-state index contributed by atoms with van der Waals surface area (Å²) in [5.74, 6) is -0.202. The Morgan fingerprint density at radius 1 is 0.414 bits per heavy atom. The number of hydrogen-bond donors (Lipinski definition) is 9. The molecule has 0 saturated carbocycles. The summed E-state index contributed by atoms with van der Waals surface area (Å²) in [6.07, 6.45) is 57.3. The molecular weight excluding hydrogens is 1100 g/mol. The largest absolute Gasteiger partial charge is 0.394 e. The summed E-state index contributed by atoms with van der Waals surface area (Å²) in [5, 5.41) is 87.7. The average molecular weight is 1240 g/mol. The summed E-state index contributed by atoms with van der Waals surface area (Å²) in [4.78, 5) is 13.4. The first-order valence-electron chi connectivity index (χ1n) is 36.7. The van der Waals surface area contributed by atoms with Gasteiger partial charge in [0.2, 0.25) is 5.91 Å². The zero-order valence-corrected chi connectivity index (χ0v) is 55.8. The number of carbonyl (C=O) groups is 1. The van der Waals surface area contributed by atoms with E-state index < -0.39 is 86.8 Å². The minimum Gasteiger partial charge on any atom is -0.394 e. The van der Waals surface area contributed by atoms with Crippen LogP contribution in [0.3, 0.4) is 0 Å². The minimum absolute atomic E-state index is 0.202. The van der Waals surface area contributed by atoms with Crippen LogP contribution in [0.15, 0.2) is 36.5 Å². The molecule has 12 atom stereocenters. The van der Waals surface area contributed by atoms with E-state index in [1.54, 1.807) is 0 Å². The van der Waals surface area contributed by atoms with E-state index in [2.05, 4.69) is 55.6 Å². The second kappa shape index (κ2) is 58.1. The van der Waals surface area contributed by atoms with Gasteiger partial charge in [-0.3, -0.25) is 4.79 Å². The standard InChI is InChI=1S/C73H137NO13/c1-3-5-7-9-11-13-15-17-19-21-23-25-27-29-30-31-32-33-35-37-39-41-43-45-47-49-51-53-55-57-65(78)74-61(60-84-72-70(83)68(81)71(64(59-76)86-72)87-73-69(82)67(80)66(79)63(58-75)85-73)62(77)56-54-52-50-48-46-44-42-40-38-36-34-28-26-24-22-20-18-16-14-12-10-8-6-4-2/h15,17,21,23,27,29,61-64,66-73,75-77,79-83H,3-14,16,18-20,22,24-26,28,30-60H2,1-2H3,(H,74,78)/b17-15-,23-21-,29-27-. The lowest BCUT2D eigenvalue weighted by Gasteiger charge is -2.46. The van der Waals surface area contributed by atoms with Crippen LogP contribution < -0.4 is 5.32 Å². The fraction of sp³-hybridized carbons (Fsp3) is 0.904. The molecule has 2 saturated heterocycles. The Bertz CT molecular complexity index is 1600. The normalized spacial score (nSPS) is 23.4. The zero-order valence-electron chi connectivity index (χ0n) is 55.8. The maximum atomic E-state index is 13.4. The second-order valence-electron chi connectivity index (χ2n) is 26.1. The lowest BCUT2D eigenvalue weighted by molar-refractivity contribution is -0.359. The van der Waals surface area contributed by atoms with Crippen molar-refractivity contribution < 1.29 is 64.6 Å². The van der Waals surface area contributed by atoms with Crippen molar-refractivity contribution in [1.82, 2.24) is 5.32 Å². The van der Waals surface area contributed by atoms with Crippen LogP contribution in [0, 0.1) is 0 Å². The van der Waals surface area contributed by atoms with Crippen LogP contribution in [0.1, 0.15) is 328 Å². The van der Waals surface area contributed by atoms with Gasteiger partial charge in [-0.05, 0) is 51.4 Å². The first-order valence-corrected chi connectivity index (χ1v) is 36.7. The summed E-state index contributed by atoms with van der Waals surface area (Å²) in [5.41, 5.74) is 0. The molecule has 0 aromatic rings. The van der Waals surface area contributed by atoms with Gasteiger partial charge in [0.15, 0.2) is 12.6 Å². The van der Waals surface area contributed by atoms with Crippen molar-refractivity contribution in [1.29, 1.82) is 0 Å². The lowest BCUT2D eigenvalue weighted by atomic mass is 9.97. The SMILES string of the molecule is CCCCCCC/C=C\C/C=C\C/C=C\CCCCCCCCCCCCCCCCC(=O)NC(COC1OC(CO)C(OC2OC(CO)C(O)C(O)C2O)C(O)C1O)C(O)CCCCCCCCCCCCCCCCCCCCCCCCCC. The summed E-state index contributed by atoms with van der Waals surface area (Å²) in [7, 11) is 0. The molecule has 1 amide bonds. The molecule has 0 aromatic heterocycles. The molecule has 0 aromatic carbocycles. The molecule has 0 spiro atoms. The number of carbonyl (C=O) groups excluding carboxylic acids is 1. The van der Waals surface area contributed by atoms with Crippen molar-refractivity contribution in [3.8, 4) is 0 Å². The van der Waals surface area contributed by atoms with Crippen LogP contribution in [0.4, 0.5) is 0 Å². The number of allylic oxidation sites excluding steroid dienone is 6. The van der Waals surface area contributed by atoms with Crippen LogP contribution >= 0.6 is 0 Å². The molecule has 0 aliphatic carbocycles. The summed E-state index contributed by atoms with van der Waals surface area (Å²) in [6.45, 7) is 2.90. The van der Waals surface area contributed by atoms with Gasteiger partial charge in [0.25, 0.3) is 0 Å². The Morgan fingerprint density at radius 3 is 1.16 bits per heavy atom. The molecular formula is C73H137NO13. The summed E-state index contributed by atoms with van der Waals surface area (Å²) >= 11 is 0. The molecule has 2 fully saturated rings. The van der Waals surface area contributed by atoms with Crippen LogP contribution in [0.5, 0.6) is 0 Å². The Labute approximate surface area is 531 Å². The van der Waals surface area contributed by atoms with E-state index >= 15 is 0 Å². The predicted molar refractivity (Wildman–Crippen MR) is 355 cm³/mol. The Morgan fingerprint density at radius 2 is 0.759 bits per heavy atom. The highest BCUT2D eigenvalue weighted by atomic mass is 16.7. The number of aliphatic hydroxyl groups excluding tert-OH is 8. The third-order valence-electron chi connectivity index (χ3n) is 18.1. The Kier molecular flexibility index (Phi) is 54.3. The third-order valence-corrected chi connectivity index (χ3v) is 18.1. The second-order valence-corrected chi connectivity index (χ2v) is 26.1. The van der Waals surface area contributed by atoms with E-state index in [9.17, 15) is 45.6 Å². The number of aliphatic hydroxyl groups is 8. The Hall–Kier alpha value is -1.79. The Balaban J connectivity index is 1.65. The van der Waals surface area contributed by atoms with Crippen LogP contribution in [-0.4, -0.2) is 140 Å². The number of rotatable bonds is 61. The highest BCUT2D eigenvalue weighted by Gasteiger charge is 2.51. The van der Waals surface area contributed by atoms with E-state index in [1.165, 1.54) is 238 Å². The summed E-state index contributed by atoms with van der Waals surface area (Å²) < 4.78 is 22.9. The molecule has 0 radical (unpaired) electrons. The molecule has 0 bridgehead atoms. The van der Waals surface area contributed by atoms with Gasteiger partial charge in [-0.2, -0.15) is 0 Å². The van der Waals surface area contributed by atoms with Gasteiger partial charge in [0.1, 0.15) is 48.8 Å². The van der Waals surface area contributed by atoms with E-state index in [4.69, 9.17) is 18.9 Å². The van der Waals surface area contributed by atoms with E-state index in [1.807, 2.05) is 0 Å². The lowest BCUT2D eigenvalue weighted by Crippen LogP contribution is -2.65. The van der Waals surface area contributed by atoms with Gasteiger partial charge < -0.3 is 65.1 Å². The monoisotopic (exact) mass is 1240 g/mol. The zero-order chi connectivity index (χ0) is 63.1. The maximum Gasteiger partial charge on any atom is 0.220 e. The number of hydrogen-bond acceptors (Lipinski definition) is 13. The third kappa shape index (κ3) is 42.1. The van der Waals surface area contributed by atoms with Crippen molar-refractivity contribution in [3.05, 3.63) is 36.5 Å². The fourth-order valence-corrected chi connectivity index (χ4v) is 12.2. The van der Waals surface area contributed by atoms with Gasteiger partial charge in [0, 0.05) is 6.42 Å². The van der Waals surface area contributed by atoms with Gasteiger partial charge in [-0.25, -0.2) is 0 Å². The van der Waals surface area contributed by atoms with Crippen molar-refractivity contribution in [2.45, 2.75) is 402 Å². The molecule has 2 aliphatic heterocycles. The van der Waals surface area contributed by atoms with Gasteiger partial charge in [-0.15, -0.1) is 0 Å². The molecule has 12 unspecified atom stereocenters. The summed E-state index contributed by atoms with van der Waals surface area (Å²) in [6, 6.07) is -0.830. The van der Waals surface area contributed by atoms with Gasteiger partial charge in [0.05, 0.1) is 32.0 Å². The minimum atomic E-state index is -1.78. The number of nitrogens with one attached hydrogen (secondary N) is 1. The molecule has 2 heterocycles. The van der Waals surface area contributed by atoms with Crippen molar-refractivity contribution >= 4 is 5.91 Å². The first-order chi connectivity index (χ1) is 42.6. The fourth-order valence-electron chi connectivity index (χ4n) is 12.2. The molecule has 2 aliphatic rings. The molecule has 87 heavy (non-hydrogen) atoms. The molecule has 2 rings (SSSR count).